The van der Waals surface area contributed by atoms with Crippen LogP contribution in [-0.2, 0) is 6.54 Å². The van der Waals surface area contributed by atoms with Gasteiger partial charge in [0.1, 0.15) is 11.5 Å². The minimum Gasteiger partial charge on any atom is -0.497 e. The lowest BCUT2D eigenvalue weighted by Gasteiger charge is -2.07. The van der Waals surface area contributed by atoms with Crippen molar-refractivity contribution in [3.8, 4) is 11.5 Å². The Labute approximate surface area is 130 Å². The monoisotopic (exact) mass is 303 g/mol. The van der Waals surface area contributed by atoms with Crippen LogP contribution in [0.5, 0.6) is 11.5 Å². The van der Waals surface area contributed by atoms with E-state index in [0.717, 1.165) is 35.8 Å². The van der Waals surface area contributed by atoms with Crippen LogP contribution in [0.3, 0.4) is 0 Å². The van der Waals surface area contributed by atoms with Gasteiger partial charge in [0, 0.05) is 17.2 Å². The summed E-state index contributed by atoms with van der Waals surface area (Å²) in [5.74, 6) is 2.82. The van der Waals surface area contributed by atoms with Crippen LogP contribution in [0.25, 0.3) is 0 Å². The van der Waals surface area contributed by atoms with Crippen LogP contribution >= 0.6 is 11.8 Å². The Hall–Kier alpha value is -1.65. The second kappa shape index (κ2) is 8.60. The molecule has 4 heteroatoms. The van der Waals surface area contributed by atoms with Crippen LogP contribution in [0.15, 0.2) is 53.4 Å². The highest BCUT2D eigenvalue weighted by Crippen LogP contribution is 2.23. The Morgan fingerprint density at radius 3 is 2.57 bits per heavy atom. The molecule has 112 valence electrons. The summed E-state index contributed by atoms with van der Waals surface area (Å²) < 4.78 is 10.9. The maximum atomic E-state index is 5.71. The maximum Gasteiger partial charge on any atom is 0.119 e. The fourth-order valence-electron chi connectivity index (χ4n) is 1.85. The van der Waals surface area contributed by atoms with Crippen LogP contribution in [0, 0.1) is 0 Å². The number of benzene rings is 2. The minimum absolute atomic E-state index is 0.567. The number of hydrogen-bond acceptors (Lipinski definition) is 4. The van der Waals surface area contributed by atoms with Gasteiger partial charge in [0.15, 0.2) is 0 Å². The zero-order chi connectivity index (χ0) is 14.9. The Balaban J connectivity index is 1.67. The van der Waals surface area contributed by atoms with Crippen LogP contribution in [0.2, 0.25) is 0 Å². The van der Waals surface area contributed by atoms with Gasteiger partial charge >= 0.3 is 0 Å². The third-order valence-corrected chi connectivity index (χ3v) is 4.11. The Morgan fingerprint density at radius 2 is 1.86 bits per heavy atom. The van der Waals surface area contributed by atoms with Crippen molar-refractivity contribution in [1.82, 2.24) is 0 Å². The first-order valence-electron chi connectivity index (χ1n) is 7.00. The molecule has 0 saturated carbocycles. The average Bonchev–Trinajstić information content (AvgIpc) is 2.55. The molecule has 0 bridgehead atoms. The third-order valence-electron chi connectivity index (χ3n) is 3.03. The lowest BCUT2D eigenvalue weighted by atomic mass is 10.2. The first-order valence-corrected chi connectivity index (χ1v) is 7.99. The molecule has 0 radical (unpaired) electrons. The first kappa shape index (κ1) is 15.7. The molecule has 0 fully saturated rings. The number of ether oxygens (including phenoxy) is 2. The van der Waals surface area contributed by atoms with E-state index < -0.39 is 0 Å². The fraction of sp³-hybridized carbons (Fsp3) is 0.294. The highest BCUT2D eigenvalue weighted by atomic mass is 32.2. The molecule has 2 aromatic rings. The van der Waals surface area contributed by atoms with E-state index in [9.17, 15) is 0 Å². The van der Waals surface area contributed by atoms with Gasteiger partial charge in [-0.1, -0.05) is 18.2 Å². The number of nitrogens with two attached hydrogens (primary N) is 1. The van der Waals surface area contributed by atoms with E-state index in [2.05, 4.69) is 12.1 Å². The summed E-state index contributed by atoms with van der Waals surface area (Å²) in [7, 11) is 1.69. The molecule has 2 N–H and O–H groups in total. The summed E-state index contributed by atoms with van der Waals surface area (Å²) in [5.41, 5.74) is 6.68. The minimum atomic E-state index is 0.567. The molecule has 0 unspecified atom stereocenters. The van der Waals surface area contributed by atoms with Crippen molar-refractivity contribution in [2.24, 2.45) is 5.73 Å². The number of rotatable bonds is 8. The number of methoxy groups -OCH3 is 1. The maximum absolute atomic E-state index is 5.71. The summed E-state index contributed by atoms with van der Waals surface area (Å²) in [6, 6.07) is 16.1. The van der Waals surface area contributed by atoms with Crippen LogP contribution in [0.1, 0.15) is 12.0 Å². The van der Waals surface area contributed by atoms with Gasteiger partial charge in [-0.05, 0) is 42.3 Å². The second-order valence-electron chi connectivity index (χ2n) is 4.58. The van der Waals surface area contributed by atoms with Crippen molar-refractivity contribution >= 4 is 11.8 Å². The smallest absolute Gasteiger partial charge is 0.119 e. The summed E-state index contributed by atoms with van der Waals surface area (Å²) in [5, 5.41) is 0. The predicted molar refractivity (Wildman–Crippen MR) is 88.2 cm³/mol. The van der Waals surface area contributed by atoms with Crippen molar-refractivity contribution in [3.63, 3.8) is 0 Å². The van der Waals surface area contributed by atoms with E-state index in [-0.39, 0.29) is 0 Å². The zero-order valence-electron chi connectivity index (χ0n) is 12.2. The normalized spacial score (nSPS) is 10.4. The molecule has 0 spiro atoms. The van der Waals surface area contributed by atoms with Crippen LogP contribution < -0.4 is 15.2 Å². The fourth-order valence-corrected chi connectivity index (χ4v) is 2.72. The molecule has 2 aromatic carbocycles. The largest absolute Gasteiger partial charge is 0.497 e. The van der Waals surface area contributed by atoms with Gasteiger partial charge in [0.2, 0.25) is 0 Å². The van der Waals surface area contributed by atoms with Crippen LogP contribution in [0.4, 0.5) is 0 Å². The first-order chi connectivity index (χ1) is 10.3. The van der Waals surface area contributed by atoms with Gasteiger partial charge in [-0.25, -0.2) is 0 Å². The molecule has 0 aliphatic heterocycles. The predicted octanol–water partition coefficient (Wildman–Crippen LogP) is 3.72. The number of hydrogen-bond donors (Lipinski definition) is 1. The van der Waals surface area contributed by atoms with Gasteiger partial charge in [-0.15, -0.1) is 11.8 Å². The van der Waals surface area contributed by atoms with Crippen molar-refractivity contribution < 1.29 is 9.47 Å². The SMILES string of the molecule is COc1cccc(SCCCOc2ccc(CN)cc2)c1. The second-order valence-corrected chi connectivity index (χ2v) is 5.75. The molecular formula is C17H21NO2S. The van der Waals surface area contributed by atoms with Crippen LogP contribution in [-0.4, -0.2) is 19.5 Å². The quantitative estimate of drug-likeness (QED) is 0.596. The lowest BCUT2D eigenvalue weighted by molar-refractivity contribution is 0.318. The van der Waals surface area contributed by atoms with Gasteiger partial charge in [0.05, 0.1) is 13.7 Å². The molecule has 2 rings (SSSR count). The summed E-state index contributed by atoms with van der Waals surface area (Å²) in [6.07, 6.45) is 1.00. The van der Waals surface area contributed by atoms with Crippen molar-refractivity contribution in [3.05, 3.63) is 54.1 Å². The average molecular weight is 303 g/mol. The molecular weight excluding hydrogens is 282 g/mol. The highest BCUT2D eigenvalue weighted by Gasteiger charge is 1.98. The topological polar surface area (TPSA) is 44.5 Å². The molecule has 21 heavy (non-hydrogen) atoms. The number of thioether (sulfide) groups is 1. The Bertz CT molecular complexity index is 543. The van der Waals surface area contributed by atoms with E-state index in [1.807, 2.05) is 48.2 Å². The van der Waals surface area contributed by atoms with Gasteiger partial charge in [-0.2, -0.15) is 0 Å². The van der Waals surface area contributed by atoms with E-state index in [1.54, 1.807) is 7.11 Å². The molecule has 3 nitrogen and oxygen atoms in total. The van der Waals surface area contributed by atoms with Gasteiger partial charge in [0.25, 0.3) is 0 Å². The molecule has 0 heterocycles. The van der Waals surface area contributed by atoms with Crippen molar-refractivity contribution in [1.29, 1.82) is 0 Å². The van der Waals surface area contributed by atoms with E-state index in [4.69, 9.17) is 15.2 Å². The third kappa shape index (κ3) is 5.33. The lowest BCUT2D eigenvalue weighted by Crippen LogP contribution is -2.00. The van der Waals surface area contributed by atoms with Crippen molar-refractivity contribution in [2.45, 2.75) is 17.9 Å². The Morgan fingerprint density at radius 1 is 1.05 bits per heavy atom. The van der Waals surface area contributed by atoms with E-state index in [1.165, 1.54) is 4.90 Å². The summed E-state index contributed by atoms with van der Waals surface area (Å²) in [4.78, 5) is 1.22. The molecule has 0 aliphatic rings. The van der Waals surface area contributed by atoms with E-state index in [0.29, 0.717) is 6.54 Å². The molecule has 0 aliphatic carbocycles. The van der Waals surface area contributed by atoms with Gasteiger partial charge in [-0.3, -0.25) is 0 Å². The highest BCUT2D eigenvalue weighted by molar-refractivity contribution is 7.99. The molecule has 0 amide bonds. The summed E-state index contributed by atoms with van der Waals surface area (Å²) in [6.45, 7) is 1.29. The van der Waals surface area contributed by atoms with Crippen molar-refractivity contribution in [2.75, 3.05) is 19.5 Å². The molecule has 0 atom stereocenters. The Kier molecular flexibility index (Phi) is 6.44. The standard InChI is InChI=1S/C17H21NO2S/c1-19-16-4-2-5-17(12-16)21-11-3-10-20-15-8-6-14(13-18)7-9-15/h2,4-9,12H,3,10-11,13,18H2,1H3. The molecule has 0 saturated heterocycles. The summed E-state index contributed by atoms with van der Waals surface area (Å²) >= 11 is 1.81. The molecule has 0 aromatic heterocycles. The zero-order valence-corrected chi connectivity index (χ0v) is 13.1. The van der Waals surface area contributed by atoms with E-state index >= 15 is 0 Å². The van der Waals surface area contributed by atoms with Gasteiger partial charge < -0.3 is 15.2 Å².